The molecule has 3 heterocycles. The van der Waals surface area contributed by atoms with E-state index in [4.69, 9.17) is 0 Å². The maximum Gasteiger partial charge on any atom is 0.254 e. The van der Waals surface area contributed by atoms with Crippen LogP contribution in [0, 0.1) is 11.7 Å². The lowest BCUT2D eigenvalue weighted by atomic mass is 9.84. The minimum atomic E-state index is -0.489. The van der Waals surface area contributed by atoms with Crippen molar-refractivity contribution < 1.29 is 9.18 Å². The third-order valence-corrected chi connectivity index (χ3v) is 4.45. The minimum absolute atomic E-state index is 0.0870. The normalized spacial score (nSPS) is 29.3. The molecule has 19 heavy (non-hydrogen) atoms. The molecule has 1 amide bonds. The van der Waals surface area contributed by atoms with E-state index in [1.54, 1.807) is 6.07 Å². The van der Waals surface area contributed by atoms with E-state index in [0.717, 1.165) is 32.5 Å². The van der Waals surface area contributed by atoms with Crippen molar-refractivity contribution in [1.29, 1.82) is 0 Å². The van der Waals surface area contributed by atoms with Gasteiger partial charge in [-0.1, -0.05) is 0 Å². The van der Waals surface area contributed by atoms with Gasteiger partial charge in [0.1, 0.15) is 5.82 Å². The number of fused-ring (bicyclic) bond motifs is 3. The van der Waals surface area contributed by atoms with E-state index in [1.165, 1.54) is 12.1 Å². The second-order valence-corrected chi connectivity index (χ2v) is 5.90. The summed E-state index contributed by atoms with van der Waals surface area (Å²) < 4.78 is 13.7. The zero-order valence-electron chi connectivity index (χ0n) is 10.6. The predicted molar refractivity (Wildman–Crippen MR) is 74.1 cm³/mol. The summed E-state index contributed by atoms with van der Waals surface area (Å²) in [6.45, 7) is 3.13. The molecule has 102 valence electrons. The van der Waals surface area contributed by atoms with Gasteiger partial charge in [0.15, 0.2) is 0 Å². The maximum atomic E-state index is 13.7. The average Bonchev–Trinajstić information content (AvgIpc) is 2.43. The third kappa shape index (κ3) is 2.62. The van der Waals surface area contributed by atoms with Gasteiger partial charge in [0, 0.05) is 17.5 Å². The van der Waals surface area contributed by atoms with Crippen LogP contribution in [0.25, 0.3) is 0 Å². The Kier molecular flexibility index (Phi) is 3.50. The number of amides is 1. The van der Waals surface area contributed by atoms with Crippen LogP contribution in [0.2, 0.25) is 0 Å². The van der Waals surface area contributed by atoms with Crippen LogP contribution in [-0.2, 0) is 0 Å². The van der Waals surface area contributed by atoms with Crippen LogP contribution in [0.5, 0.6) is 0 Å². The number of carbonyl (C=O) groups is 1. The fourth-order valence-corrected chi connectivity index (χ4v) is 3.27. The molecule has 4 rings (SSSR count). The van der Waals surface area contributed by atoms with Gasteiger partial charge in [-0.2, -0.15) is 0 Å². The van der Waals surface area contributed by atoms with Crippen LogP contribution in [-0.4, -0.2) is 36.5 Å². The van der Waals surface area contributed by atoms with Crippen LogP contribution in [0.3, 0.4) is 0 Å². The molecular formula is C14H17FN2OS. The molecule has 3 fully saturated rings. The first kappa shape index (κ1) is 12.9. The Labute approximate surface area is 117 Å². The minimum Gasteiger partial charge on any atom is -0.348 e. The van der Waals surface area contributed by atoms with Gasteiger partial charge in [0.05, 0.1) is 5.56 Å². The largest absolute Gasteiger partial charge is 0.348 e. The number of rotatable bonds is 2. The molecule has 1 unspecified atom stereocenters. The molecule has 2 bridgehead atoms. The van der Waals surface area contributed by atoms with Crippen molar-refractivity contribution in [2.24, 2.45) is 5.92 Å². The number of thiol groups is 1. The van der Waals surface area contributed by atoms with Gasteiger partial charge in [-0.25, -0.2) is 4.39 Å². The van der Waals surface area contributed by atoms with Crippen molar-refractivity contribution >= 4 is 18.5 Å². The number of hydrogen-bond donors (Lipinski definition) is 2. The van der Waals surface area contributed by atoms with Crippen LogP contribution in [0.4, 0.5) is 4.39 Å². The molecule has 1 aromatic carbocycles. The van der Waals surface area contributed by atoms with Crippen LogP contribution in [0.1, 0.15) is 23.2 Å². The Morgan fingerprint density at radius 2 is 2.11 bits per heavy atom. The van der Waals surface area contributed by atoms with Crippen LogP contribution < -0.4 is 5.32 Å². The molecule has 0 saturated carbocycles. The van der Waals surface area contributed by atoms with Crippen molar-refractivity contribution in [3.8, 4) is 0 Å². The number of halogens is 1. The van der Waals surface area contributed by atoms with Gasteiger partial charge in [-0.05, 0) is 50.0 Å². The highest BCUT2D eigenvalue weighted by Crippen LogP contribution is 2.27. The van der Waals surface area contributed by atoms with Gasteiger partial charge in [-0.15, -0.1) is 12.6 Å². The van der Waals surface area contributed by atoms with Crippen molar-refractivity contribution in [3.05, 3.63) is 29.6 Å². The summed E-state index contributed by atoms with van der Waals surface area (Å²) >= 11 is 4.15. The summed E-state index contributed by atoms with van der Waals surface area (Å²) in [7, 11) is 0. The fraction of sp³-hybridized carbons (Fsp3) is 0.500. The zero-order valence-corrected chi connectivity index (χ0v) is 11.5. The average molecular weight is 280 g/mol. The molecular weight excluding hydrogens is 263 g/mol. The lowest BCUT2D eigenvalue weighted by Crippen LogP contribution is -2.57. The standard InChI is InChI=1S/C14H17FN2OS/c15-12-2-1-10(19)7-11(12)14(18)16-13-8-17-5-3-9(13)4-6-17/h1-2,7,9,13,19H,3-6,8H2,(H,16,18). The Morgan fingerprint density at radius 3 is 2.74 bits per heavy atom. The van der Waals surface area contributed by atoms with E-state index in [1.807, 2.05) is 0 Å². The smallest absolute Gasteiger partial charge is 0.254 e. The molecule has 0 radical (unpaired) electrons. The summed E-state index contributed by atoms with van der Waals surface area (Å²) in [6, 6.07) is 4.46. The van der Waals surface area contributed by atoms with E-state index < -0.39 is 5.82 Å². The van der Waals surface area contributed by atoms with E-state index in [9.17, 15) is 9.18 Å². The number of piperidine rings is 3. The summed E-state index contributed by atoms with van der Waals surface area (Å²) in [5.74, 6) is -0.278. The molecule has 1 atom stereocenters. The van der Waals surface area contributed by atoms with Gasteiger partial charge >= 0.3 is 0 Å². The first-order valence-electron chi connectivity index (χ1n) is 6.65. The summed E-state index contributed by atoms with van der Waals surface area (Å²) in [6.07, 6.45) is 2.25. The Morgan fingerprint density at radius 1 is 1.37 bits per heavy atom. The Bertz CT molecular complexity index is 500. The number of nitrogens with zero attached hydrogens (tertiary/aromatic N) is 1. The SMILES string of the molecule is O=C(NC1CN2CCC1CC2)c1cc(S)ccc1F. The molecule has 3 saturated heterocycles. The first-order valence-corrected chi connectivity index (χ1v) is 7.10. The molecule has 0 aromatic heterocycles. The van der Waals surface area contributed by atoms with Crippen molar-refractivity contribution in [2.45, 2.75) is 23.8 Å². The first-order chi connectivity index (χ1) is 9.13. The molecule has 0 aliphatic carbocycles. The Balaban J connectivity index is 1.73. The van der Waals surface area contributed by atoms with E-state index in [2.05, 4.69) is 22.8 Å². The molecule has 3 nitrogen and oxygen atoms in total. The zero-order chi connectivity index (χ0) is 13.4. The number of nitrogens with one attached hydrogen (secondary N) is 1. The Hall–Kier alpha value is -1.07. The number of benzene rings is 1. The van der Waals surface area contributed by atoms with Gasteiger partial charge in [0.25, 0.3) is 5.91 Å². The topological polar surface area (TPSA) is 32.3 Å². The molecule has 1 aromatic rings. The van der Waals surface area contributed by atoms with Crippen molar-refractivity contribution in [2.75, 3.05) is 19.6 Å². The summed E-state index contributed by atoms with van der Waals surface area (Å²) in [4.78, 5) is 15.1. The second-order valence-electron chi connectivity index (χ2n) is 5.38. The van der Waals surface area contributed by atoms with Gasteiger partial charge in [-0.3, -0.25) is 4.79 Å². The molecule has 3 aliphatic rings. The second kappa shape index (κ2) is 5.13. The highest BCUT2D eigenvalue weighted by molar-refractivity contribution is 7.80. The molecule has 3 aliphatic heterocycles. The maximum absolute atomic E-state index is 13.7. The third-order valence-electron chi connectivity index (χ3n) is 4.17. The molecule has 1 N–H and O–H groups in total. The highest BCUT2D eigenvalue weighted by atomic mass is 32.1. The molecule has 5 heteroatoms. The number of carbonyl (C=O) groups excluding carboxylic acids is 1. The van der Waals surface area contributed by atoms with E-state index >= 15 is 0 Å². The summed E-state index contributed by atoms with van der Waals surface area (Å²) in [5, 5.41) is 2.98. The van der Waals surface area contributed by atoms with E-state index in [0.29, 0.717) is 10.8 Å². The van der Waals surface area contributed by atoms with Gasteiger partial charge in [0.2, 0.25) is 0 Å². The monoisotopic (exact) mass is 280 g/mol. The lowest BCUT2D eigenvalue weighted by Gasteiger charge is -2.44. The fourth-order valence-electron chi connectivity index (χ4n) is 3.06. The summed E-state index contributed by atoms with van der Waals surface area (Å²) in [5.41, 5.74) is 0.0870. The van der Waals surface area contributed by atoms with Crippen molar-refractivity contribution in [3.63, 3.8) is 0 Å². The van der Waals surface area contributed by atoms with E-state index in [-0.39, 0.29) is 17.5 Å². The number of hydrogen-bond acceptors (Lipinski definition) is 3. The van der Waals surface area contributed by atoms with Crippen LogP contribution in [0.15, 0.2) is 23.1 Å². The molecule has 0 spiro atoms. The lowest BCUT2D eigenvalue weighted by molar-refractivity contribution is 0.0618. The highest BCUT2D eigenvalue weighted by Gasteiger charge is 2.35. The quantitative estimate of drug-likeness (QED) is 0.812. The predicted octanol–water partition coefficient (Wildman–Crippen LogP) is 1.94. The van der Waals surface area contributed by atoms with Crippen LogP contribution >= 0.6 is 12.6 Å². The van der Waals surface area contributed by atoms with Gasteiger partial charge < -0.3 is 10.2 Å². The van der Waals surface area contributed by atoms with Crippen molar-refractivity contribution in [1.82, 2.24) is 10.2 Å².